The second-order valence-electron chi connectivity index (χ2n) is 3.51. The third kappa shape index (κ3) is 2.48. The average molecular weight is 212 g/mol. The molecular formula is C11H14ClNO. The number of hydrogen-bond acceptors (Lipinski definition) is 1. The number of aryl methyl sites for hydroxylation is 1. The molecule has 0 aliphatic carbocycles. The monoisotopic (exact) mass is 211 g/mol. The molecule has 14 heavy (non-hydrogen) atoms. The molecule has 2 nitrogen and oxygen atoms in total. The van der Waals surface area contributed by atoms with Crippen LogP contribution in [-0.2, 0) is 4.79 Å². The van der Waals surface area contributed by atoms with Crippen LogP contribution in [0, 0.1) is 6.92 Å². The first-order chi connectivity index (χ1) is 6.52. The minimum atomic E-state index is -0.579. The zero-order chi connectivity index (χ0) is 10.7. The second-order valence-corrected chi connectivity index (χ2v) is 3.95. The van der Waals surface area contributed by atoms with Crippen LogP contribution in [0.25, 0.3) is 0 Å². The lowest BCUT2D eigenvalue weighted by Crippen LogP contribution is -2.25. The zero-order valence-corrected chi connectivity index (χ0v) is 9.38. The van der Waals surface area contributed by atoms with Crippen molar-refractivity contribution in [2.45, 2.75) is 12.3 Å². The molecule has 1 unspecified atom stereocenters. The smallest absolute Gasteiger partial charge is 0.244 e. The SMILES string of the molecule is Cc1cccc(C(Cl)C(=O)N(C)C)c1. The Morgan fingerprint density at radius 3 is 2.57 bits per heavy atom. The first kappa shape index (κ1) is 11.1. The molecule has 0 bridgehead atoms. The number of rotatable bonds is 2. The Labute approximate surface area is 89.5 Å². The van der Waals surface area contributed by atoms with Crippen molar-refractivity contribution in [1.29, 1.82) is 0 Å². The predicted octanol–water partition coefficient (Wildman–Crippen LogP) is 2.36. The third-order valence-corrected chi connectivity index (χ3v) is 2.43. The number of amides is 1. The number of nitrogens with zero attached hydrogens (tertiary/aromatic N) is 1. The summed E-state index contributed by atoms with van der Waals surface area (Å²) in [6.07, 6.45) is 0. The molecule has 0 saturated heterocycles. The molecule has 0 spiro atoms. The Morgan fingerprint density at radius 1 is 1.43 bits per heavy atom. The van der Waals surface area contributed by atoms with Crippen molar-refractivity contribution in [1.82, 2.24) is 4.90 Å². The van der Waals surface area contributed by atoms with E-state index in [-0.39, 0.29) is 5.91 Å². The lowest BCUT2D eigenvalue weighted by Gasteiger charge is -2.15. The summed E-state index contributed by atoms with van der Waals surface area (Å²) in [5.41, 5.74) is 1.96. The van der Waals surface area contributed by atoms with Crippen molar-refractivity contribution in [3.05, 3.63) is 35.4 Å². The summed E-state index contributed by atoms with van der Waals surface area (Å²) in [5.74, 6) is -0.0859. The summed E-state index contributed by atoms with van der Waals surface area (Å²) in [6, 6.07) is 7.68. The van der Waals surface area contributed by atoms with Crippen LogP contribution in [0.5, 0.6) is 0 Å². The van der Waals surface area contributed by atoms with Crippen LogP contribution < -0.4 is 0 Å². The largest absolute Gasteiger partial charge is 0.347 e. The zero-order valence-electron chi connectivity index (χ0n) is 8.62. The summed E-state index contributed by atoms with van der Waals surface area (Å²) < 4.78 is 0. The topological polar surface area (TPSA) is 20.3 Å². The second kappa shape index (κ2) is 4.47. The fraction of sp³-hybridized carbons (Fsp3) is 0.364. The van der Waals surface area contributed by atoms with E-state index in [0.29, 0.717) is 0 Å². The van der Waals surface area contributed by atoms with Gasteiger partial charge in [-0.25, -0.2) is 0 Å². The van der Waals surface area contributed by atoms with Gasteiger partial charge in [0.15, 0.2) is 0 Å². The summed E-state index contributed by atoms with van der Waals surface area (Å²) in [5, 5.41) is -0.579. The highest BCUT2D eigenvalue weighted by atomic mass is 35.5. The maximum Gasteiger partial charge on any atom is 0.244 e. The molecule has 1 aromatic carbocycles. The molecule has 1 amide bonds. The number of benzene rings is 1. The van der Waals surface area contributed by atoms with Gasteiger partial charge in [-0.1, -0.05) is 29.8 Å². The fourth-order valence-corrected chi connectivity index (χ4v) is 1.53. The highest BCUT2D eigenvalue weighted by molar-refractivity contribution is 6.30. The van der Waals surface area contributed by atoms with Gasteiger partial charge in [0, 0.05) is 14.1 Å². The van der Waals surface area contributed by atoms with E-state index < -0.39 is 5.38 Å². The van der Waals surface area contributed by atoms with Gasteiger partial charge in [-0.2, -0.15) is 0 Å². The Balaban J connectivity index is 2.89. The lowest BCUT2D eigenvalue weighted by molar-refractivity contribution is -0.128. The van der Waals surface area contributed by atoms with Gasteiger partial charge in [0.05, 0.1) is 0 Å². The van der Waals surface area contributed by atoms with Crippen LogP contribution in [0.4, 0.5) is 0 Å². The summed E-state index contributed by atoms with van der Waals surface area (Å²) in [4.78, 5) is 13.0. The Morgan fingerprint density at radius 2 is 2.07 bits per heavy atom. The molecular weight excluding hydrogens is 198 g/mol. The summed E-state index contributed by atoms with van der Waals surface area (Å²) in [7, 11) is 3.40. The van der Waals surface area contributed by atoms with Crippen LogP contribution in [0.15, 0.2) is 24.3 Å². The number of carbonyl (C=O) groups is 1. The Bertz CT molecular complexity index is 336. The van der Waals surface area contributed by atoms with Crippen molar-refractivity contribution >= 4 is 17.5 Å². The molecule has 0 aliphatic rings. The van der Waals surface area contributed by atoms with E-state index in [1.807, 2.05) is 31.2 Å². The van der Waals surface area contributed by atoms with Crippen molar-refractivity contribution < 1.29 is 4.79 Å². The van der Waals surface area contributed by atoms with Gasteiger partial charge in [0.1, 0.15) is 5.38 Å². The van der Waals surface area contributed by atoms with E-state index in [9.17, 15) is 4.79 Å². The van der Waals surface area contributed by atoms with Crippen LogP contribution in [0.2, 0.25) is 0 Å². The van der Waals surface area contributed by atoms with Gasteiger partial charge in [-0.3, -0.25) is 4.79 Å². The van der Waals surface area contributed by atoms with Crippen molar-refractivity contribution in [2.24, 2.45) is 0 Å². The normalized spacial score (nSPS) is 12.3. The quantitative estimate of drug-likeness (QED) is 0.688. The van der Waals surface area contributed by atoms with Crippen LogP contribution in [0.1, 0.15) is 16.5 Å². The van der Waals surface area contributed by atoms with E-state index in [4.69, 9.17) is 11.6 Å². The number of likely N-dealkylation sites (N-methyl/N-ethyl adjacent to an activating group) is 1. The third-order valence-electron chi connectivity index (χ3n) is 1.99. The minimum Gasteiger partial charge on any atom is -0.347 e. The summed E-state index contributed by atoms with van der Waals surface area (Å²) in [6.45, 7) is 1.98. The molecule has 0 aliphatic heterocycles. The van der Waals surface area contributed by atoms with E-state index >= 15 is 0 Å². The molecule has 3 heteroatoms. The molecule has 1 rings (SSSR count). The van der Waals surface area contributed by atoms with Crippen LogP contribution in [-0.4, -0.2) is 24.9 Å². The van der Waals surface area contributed by atoms with Gasteiger partial charge in [0.25, 0.3) is 0 Å². The molecule has 76 valence electrons. The standard InChI is InChI=1S/C11H14ClNO/c1-8-5-4-6-9(7-8)10(12)11(14)13(2)3/h4-7,10H,1-3H3. The van der Waals surface area contributed by atoms with E-state index in [0.717, 1.165) is 11.1 Å². The number of halogens is 1. The number of alkyl halides is 1. The molecule has 0 saturated carbocycles. The number of carbonyl (C=O) groups excluding carboxylic acids is 1. The first-order valence-corrected chi connectivity index (χ1v) is 4.88. The highest BCUT2D eigenvalue weighted by Gasteiger charge is 2.18. The highest BCUT2D eigenvalue weighted by Crippen LogP contribution is 2.22. The van der Waals surface area contributed by atoms with Gasteiger partial charge in [-0.15, -0.1) is 11.6 Å². The molecule has 0 aromatic heterocycles. The van der Waals surface area contributed by atoms with E-state index in [1.54, 1.807) is 14.1 Å². The van der Waals surface area contributed by atoms with Gasteiger partial charge in [-0.05, 0) is 12.5 Å². The van der Waals surface area contributed by atoms with Crippen LogP contribution >= 0.6 is 11.6 Å². The van der Waals surface area contributed by atoms with Crippen molar-refractivity contribution in [3.8, 4) is 0 Å². The summed E-state index contributed by atoms with van der Waals surface area (Å²) >= 11 is 6.03. The molecule has 1 aromatic rings. The minimum absolute atomic E-state index is 0.0859. The Hall–Kier alpha value is -1.02. The van der Waals surface area contributed by atoms with Crippen molar-refractivity contribution in [2.75, 3.05) is 14.1 Å². The first-order valence-electron chi connectivity index (χ1n) is 4.44. The molecule has 1 atom stereocenters. The Kier molecular flexibility index (Phi) is 3.53. The average Bonchev–Trinajstić information content (AvgIpc) is 2.15. The molecule has 0 fully saturated rings. The van der Waals surface area contributed by atoms with E-state index in [2.05, 4.69) is 0 Å². The molecule has 0 radical (unpaired) electrons. The van der Waals surface area contributed by atoms with Gasteiger partial charge >= 0.3 is 0 Å². The lowest BCUT2D eigenvalue weighted by atomic mass is 10.1. The predicted molar refractivity (Wildman–Crippen MR) is 58.5 cm³/mol. The van der Waals surface area contributed by atoms with Gasteiger partial charge in [0.2, 0.25) is 5.91 Å². The number of hydrogen-bond donors (Lipinski definition) is 0. The van der Waals surface area contributed by atoms with Crippen LogP contribution in [0.3, 0.4) is 0 Å². The fourth-order valence-electron chi connectivity index (χ4n) is 1.20. The van der Waals surface area contributed by atoms with E-state index in [1.165, 1.54) is 4.90 Å². The van der Waals surface area contributed by atoms with Crippen molar-refractivity contribution in [3.63, 3.8) is 0 Å². The maximum atomic E-state index is 11.5. The molecule has 0 heterocycles. The maximum absolute atomic E-state index is 11.5. The van der Waals surface area contributed by atoms with Gasteiger partial charge < -0.3 is 4.90 Å². The molecule has 0 N–H and O–H groups in total.